The van der Waals surface area contributed by atoms with Crippen LogP contribution in [0.1, 0.15) is 12.5 Å². The second kappa shape index (κ2) is 5.44. The highest BCUT2D eigenvalue weighted by molar-refractivity contribution is 5.86. The Hall–Kier alpha value is -3.36. The first kappa shape index (κ1) is 14.6. The summed E-state index contributed by atoms with van der Waals surface area (Å²) in [6.07, 6.45) is 0.881. The lowest BCUT2D eigenvalue weighted by atomic mass is 10.2. The number of aryl methyl sites for hydroxylation is 1. The van der Waals surface area contributed by atoms with Crippen molar-refractivity contribution in [3.8, 4) is 5.69 Å². The van der Waals surface area contributed by atoms with Crippen LogP contribution in [0.5, 0.6) is 0 Å². The summed E-state index contributed by atoms with van der Waals surface area (Å²) in [5.74, 6) is 0. The van der Waals surface area contributed by atoms with Gasteiger partial charge in [0, 0.05) is 6.07 Å². The van der Waals surface area contributed by atoms with Gasteiger partial charge in [0.05, 0.1) is 21.6 Å². The molecule has 0 saturated heterocycles. The first-order valence-corrected chi connectivity index (χ1v) is 6.79. The van der Waals surface area contributed by atoms with Gasteiger partial charge in [0.25, 0.3) is 5.69 Å². The molecular formula is C14H11N5O4. The molecule has 9 heteroatoms. The Kier molecular flexibility index (Phi) is 3.45. The molecular weight excluding hydrogens is 302 g/mol. The van der Waals surface area contributed by atoms with Gasteiger partial charge in [-0.2, -0.15) is 4.80 Å². The predicted octanol–water partition coefficient (Wildman–Crippen LogP) is 2.80. The number of non-ortho nitro benzene ring substituents is 2. The number of hydrogen-bond donors (Lipinski definition) is 0. The third-order valence-electron chi connectivity index (χ3n) is 3.43. The summed E-state index contributed by atoms with van der Waals surface area (Å²) in [6.45, 7) is 2.03. The minimum atomic E-state index is -0.700. The maximum absolute atomic E-state index is 11.1. The number of nitrogens with zero attached hydrogens (tertiary/aromatic N) is 5. The molecule has 0 aliphatic carbocycles. The van der Waals surface area contributed by atoms with E-state index in [2.05, 4.69) is 10.2 Å². The number of benzene rings is 2. The Morgan fingerprint density at radius 1 is 1.04 bits per heavy atom. The van der Waals surface area contributed by atoms with Crippen LogP contribution in [0, 0.1) is 20.2 Å². The molecule has 116 valence electrons. The summed E-state index contributed by atoms with van der Waals surface area (Å²) < 4.78 is 0. The highest BCUT2D eigenvalue weighted by Gasteiger charge is 2.23. The van der Waals surface area contributed by atoms with Crippen molar-refractivity contribution in [2.75, 3.05) is 0 Å². The van der Waals surface area contributed by atoms with E-state index in [-0.39, 0.29) is 11.0 Å². The second-order valence-corrected chi connectivity index (χ2v) is 4.86. The number of fused-ring (bicyclic) bond motifs is 1. The van der Waals surface area contributed by atoms with E-state index in [0.29, 0.717) is 5.69 Å². The van der Waals surface area contributed by atoms with Gasteiger partial charge < -0.3 is 0 Å². The van der Waals surface area contributed by atoms with Crippen LogP contribution in [0.25, 0.3) is 16.7 Å². The Labute approximate surface area is 129 Å². The third-order valence-corrected chi connectivity index (χ3v) is 3.43. The fourth-order valence-electron chi connectivity index (χ4n) is 2.21. The third kappa shape index (κ3) is 2.59. The zero-order valence-electron chi connectivity index (χ0n) is 12.0. The van der Waals surface area contributed by atoms with Gasteiger partial charge in [-0.15, -0.1) is 10.2 Å². The van der Waals surface area contributed by atoms with Crippen LogP contribution in [-0.2, 0) is 6.42 Å². The van der Waals surface area contributed by atoms with Crippen molar-refractivity contribution < 1.29 is 9.85 Å². The molecule has 2 aromatic carbocycles. The van der Waals surface area contributed by atoms with Gasteiger partial charge in [0.2, 0.25) is 0 Å². The van der Waals surface area contributed by atoms with Gasteiger partial charge in [0.1, 0.15) is 5.52 Å². The van der Waals surface area contributed by atoms with E-state index < -0.39 is 21.2 Å². The quantitative estimate of drug-likeness (QED) is 0.540. The molecule has 0 unspecified atom stereocenters. The molecule has 0 atom stereocenters. The summed E-state index contributed by atoms with van der Waals surface area (Å²) in [7, 11) is 0. The average Bonchev–Trinajstić information content (AvgIpc) is 2.97. The van der Waals surface area contributed by atoms with Crippen molar-refractivity contribution in [3.63, 3.8) is 0 Å². The Bertz CT molecular complexity index is 917. The standard InChI is InChI=1S/C14H11N5O4/c1-2-9-3-5-10(6-4-9)17-15-12-7-11(18(20)21)8-13(19(22)23)14(12)16-17/h3-8H,2H2,1H3. The fourth-order valence-corrected chi connectivity index (χ4v) is 2.21. The van der Waals surface area contributed by atoms with Gasteiger partial charge in [-0.1, -0.05) is 19.1 Å². The number of nitro groups is 2. The van der Waals surface area contributed by atoms with E-state index in [9.17, 15) is 20.2 Å². The van der Waals surface area contributed by atoms with Gasteiger partial charge in [-0.3, -0.25) is 20.2 Å². The summed E-state index contributed by atoms with van der Waals surface area (Å²) >= 11 is 0. The Balaban J connectivity index is 2.18. The summed E-state index contributed by atoms with van der Waals surface area (Å²) in [5.41, 5.74) is 1.04. The lowest BCUT2D eigenvalue weighted by Crippen LogP contribution is -1.98. The molecule has 3 aromatic rings. The normalized spacial score (nSPS) is 10.8. The molecule has 0 aliphatic heterocycles. The maximum Gasteiger partial charge on any atom is 0.305 e. The Morgan fingerprint density at radius 2 is 1.74 bits per heavy atom. The molecule has 0 saturated carbocycles. The molecule has 0 radical (unpaired) electrons. The molecule has 0 N–H and O–H groups in total. The Morgan fingerprint density at radius 3 is 2.30 bits per heavy atom. The lowest BCUT2D eigenvalue weighted by Gasteiger charge is -2.00. The SMILES string of the molecule is CCc1ccc(-n2nc3cc([N+](=O)[O-])cc([N+](=O)[O-])c3n2)cc1. The van der Waals surface area contributed by atoms with Crippen molar-refractivity contribution in [2.24, 2.45) is 0 Å². The smallest absolute Gasteiger partial charge is 0.258 e. The first-order valence-electron chi connectivity index (χ1n) is 6.79. The molecule has 1 aromatic heterocycles. The molecule has 23 heavy (non-hydrogen) atoms. The highest BCUT2D eigenvalue weighted by Crippen LogP contribution is 2.29. The number of rotatable bonds is 4. The molecule has 0 amide bonds. The molecule has 0 spiro atoms. The summed E-state index contributed by atoms with van der Waals surface area (Å²) in [5, 5.41) is 30.2. The van der Waals surface area contributed by atoms with Crippen LogP contribution in [0.2, 0.25) is 0 Å². The summed E-state index contributed by atoms with van der Waals surface area (Å²) in [6, 6.07) is 9.45. The number of hydrogen-bond acceptors (Lipinski definition) is 6. The minimum absolute atomic E-state index is 0.0140. The van der Waals surface area contributed by atoms with Crippen molar-refractivity contribution in [1.82, 2.24) is 15.0 Å². The van der Waals surface area contributed by atoms with Crippen LogP contribution < -0.4 is 0 Å². The van der Waals surface area contributed by atoms with Gasteiger partial charge >= 0.3 is 5.69 Å². The van der Waals surface area contributed by atoms with Crippen LogP contribution in [0.3, 0.4) is 0 Å². The van der Waals surface area contributed by atoms with E-state index in [1.807, 2.05) is 19.1 Å². The second-order valence-electron chi connectivity index (χ2n) is 4.86. The van der Waals surface area contributed by atoms with E-state index in [1.165, 1.54) is 10.9 Å². The molecule has 1 heterocycles. The zero-order valence-corrected chi connectivity index (χ0v) is 12.0. The molecule has 0 aliphatic rings. The van der Waals surface area contributed by atoms with Crippen LogP contribution in [0.15, 0.2) is 36.4 Å². The lowest BCUT2D eigenvalue weighted by molar-refractivity contribution is -0.393. The van der Waals surface area contributed by atoms with Crippen LogP contribution in [0.4, 0.5) is 11.4 Å². The fraction of sp³-hybridized carbons (Fsp3) is 0.143. The highest BCUT2D eigenvalue weighted by atomic mass is 16.6. The molecule has 9 nitrogen and oxygen atoms in total. The minimum Gasteiger partial charge on any atom is -0.258 e. The molecule has 3 rings (SSSR count). The predicted molar refractivity (Wildman–Crippen MR) is 81.6 cm³/mol. The van der Waals surface area contributed by atoms with Gasteiger partial charge in [0.15, 0.2) is 5.52 Å². The van der Waals surface area contributed by atoms with Crippen LogP contribution >= 0.6 is 0 Å². The monoisotopic (exact) mass is 313 g/mol. The van der Waals surface area contributed by atoms with Gasteiger partial charge in [-0.25, -0.2) is 0 Å². The van der Waals surface area contributed by atoms with E-state index >= 15 is 0 Å². The molecule has 0 bridgehead atoms. The topological polar surface area (TPSA) is 117 Å². The van der Waals surface area contributed by atoms with E-state index in [4.69, 9.17) is 0 Å². The average molecular weight is 313 g/mol. The molecule has 0 fully saturated rings. The van der Waals surface area contributed by atoms with E-state index in [1.54, 1.807) is 12.1 Å². The van der Waals surface area contributed by atoms with Crippen molar-refractivity contribution in [1.29, 1.82) is 0 Å². The van der Waals surface area contributed by atoms with Gasteiger partial charge in [-0.05, 0) is 24.1 Å². The maximum atomic E-state index is 11.1. The summed E-state index contributed by atoms with van der Waals surface area (Å²) in [4.78, 5) is 21.9. The van der Waals surface area contributed by atoms with Crippen molar-refractivity contribution in [2.45, 2.75) is 13.3 Å². The van der Waals surface area contributed by atoms with E-state index in [0.717, 1.165) is 18.1 Å². The number of aromatic nitrogens is 3. The largest absolute Gasteiger partial charge is 0.305 e. The van der Waals surface area contributed by atoms with Crippen LogP contribution in [-0.4, -0.2) is 24.8 Å². The number of nitro benzene ring substituents is 2. The van der Waals surface area contributed by atoms with Crippen molar-refractivity contribution in [3.05, 3.63) is 62.2 Å². The first-order chi connectivity index (χ1) is 11.0. The zero-order chi connectivity index (χ0) is 16.6. The van der Waals surface area contributed by atoms with Crippen molar-refractivity contribution >= 4 is 22.4 Å².